The van der Waals surface area contributed by atoms with Crippen molar-refractivity contribution in [2.45, 2.75) is 57.3 Å². The molecule has 10 N–H and O–H groups in total. The van der Waals surface area contributed by atoms with Gasteiger partial charge in [-0.05, 0) is 5.92 Å². The van der Waals surface area contributed by atoms with Gasteiger partial charge in [-0.15, -0.1) is 0 Å². The summed E-state index contributed by atoms with van der Waals surface area (Å²) in [5.74, 6) is -9.45. The summed E-state index contributed by atoms with van der Waals surface area (Å²) >= 11 is 0. The highest BCUT2D eigenvalue weighted by atomic mass is 16.4. The molecule has 0 aromatic rings. The summed E-state index contributed by atoms with van der Waals surface area (Å²) < 4.78 is 0. The summed E-state index contributed by atoms with van der Waals surface area (Å²) in [6, 6.07) is -6.42. The van der Waals surface area contributed by atoms with Crippen molar-refractivity contribution in [3.8, 4) is 0 Å². The van der Waals surface area contributed by atoms with E-state index in [0.29, 0.717) is 0 Å². The molecule has 0 bridgehead atoms. The number of carboxylic acid groups (broad SMARTS) is 3. The van der Waals surface area contributed by atoms with E-state index in [0.717, 1.165) is 0 Å². The van der Waals surface area contributed by atoms with Gasteiger partial charge in [0.05, 0.1) is 25.3 Å². The van der Waals surface area contributed by atoms with Crippen molar-refractivity contribution in [2.24, 2.45) is 17.4 Å². The van der Waals surface area contributed by atoms with E-state index in [1.807, 2.05) is 10.6 Å². The Balaban J connectivity index is 5.58. The minimum Gasteiger partial charge on any atom is -0.481 e. The summed E-state index contributed by atoms with van der Waals surface area (Å²) in [6.07, 6.45) is -2.73. The lowest BCUT2D eigenvalue weighted by molar-refractivity contribution is -0.148. The molecule has 4 atom stereocenters. The minimum absolute atomic E-state index is 0.333. The first-order chi connectivity index (χ1) is 14.6. The van der Waals surface area contributed by atoms with Gasteiger partial charge in [0.15, 0.2) is 0 Å². The Hall–Kier alpha value is -3.75. The van der Waals surface area contributed by atoms with Crippen LogP contribution in [0.2, 0.25) is 0 Å². The quantitative estimate of drug-likeness (QED) is 0.125. The van der Waals surface area contributed by atoms with Crippen LogP contribution in [0.5, 0.6) is 0 Å². The number of hydrogen-bond acceptors (Lipinski definition) is 8. The molecule has 180 valence electrons. The molecule has 0 saturated carbocycles. The molecule has 0 aromatic heterocycles. The van der Waals surface area contributed by atoms with E-state index in [1.54, 1.807) is 13.8 Å². The first-order valence-corrected chi connectivity index (χ1v) is 9.27. The Bertz CT molecular complexity index is 769. The van der Waals surface area contributed by atoms with Crippen molar-refractivity contribution in [2.75, 3.05) is 0 Å². The van der Waals surface area contributed by atoms with E-state index < -0.39 is 85.0 Å². The summed E-state index contributed by atoms with van der Waals surface area (Å²) in [5, 5.41) is 32.7. The lowest BCUT2D eigenvalue weighted by atomic mass is 10.0. The number of carbonyl (C=O) groups is 7. The van der Waals surface area contributed by atoms with Gasteiger partial charge in [-0.1, -0.05) is 13.8 Å². The average Bonchev–Trinajstić information content (AvgIpc) is 2.64. The lowest BCUT2D eigenvalue weighted by Gasteiger charge is -2.24. The van der Waals surface area contributed by atoms with Gasteiger partial charge in [-0.25, -0.2) is 4.79 Å². The van der Waals surface area contributed by atoms with Crippen molar-refractivity contribution in [3.63, 3.8) is 0 Å². The fourth-order valence-electron chi connectivity index (χ4n) is 2.28. The molecule has 32 heavy (non-hydrogen) atoms. The molecule has 0 spiro atoms. The third kappa shape index (κ3) is 10.3. The van der Waals surface area contributed by atoms with Crippen molar-refractivity contribution >= 4 is 41.5 Å². The summed E-state index contributed by atoms with van der Waals surface area (Å²) in [4.78, 5) is 81.2. The molecule has 15 heteroatoms. The van der Waals surface area contributed by atoms with Crippen LogP contribution in [0, 0.1) is 5.92 Å². The number of nitrogens with one attached hydrogen (secondary N) is 3. The predicted molar refractivity (Wildman–Crippen MR) is 105 cm³/mol. The van der Waals surface area contributed by atoms with Gasteiger partial charge >= 0.3 is 17.9 Å². The first kappa shape index (κ1) is 28.2. The Morgan fingerprint density at radius 2 is 1.06 bits per heavy atom. The standard InChI is InChI=1S/C17H27N5O10/c1-6(2)13(19)16(30)21-7(3-10(18)23)14(28)20-8(4-11(24)25)15(29)22-9(17(31)32)5-12(26)27/h6-9,13H,3-5,19H2,1-2H3,(H2,18,23)(H,20,28)(H,21,30)(H,22,29)(H,24,25)(H,26,27)(H,31,32). The van der Waals surface area contributed by atoms with Crippen LogP contribution in [0.15, 0.2) is 0 Å². The average molecular weight is 461 g/mol. The zero-order chi connectivity index (χ0) is 25.2. The third-order valence-electron chi connectivity index (χ3n) is 4.06. The molecule has 0 saturated heterocycles. The SMILES string of the molecule is CC(C)C(N)C(=O)NC(CC(N)=O)C(=O)NC(CC(=O)O)C(=O)NC(CC(=O)O)C(=O)O. The molecule has 0 rings (SSSR count). The van der Waals surface area contributed by atoms with E-state index in [-0.39, 0.29) is 5.92 Å². The molecule has 0 aliphatic rings. The molecule has 0 aliphatic heterocycles. The van der Waals surface area contributed by atoms with Crippen LogP contribution in [0.4, 0.5) is 0 Å². The zero-order valence-electron chi connectivity index (χ0n) is 17.4. The molecular weight excluding hydrogens is 434 g/mol. The normalized spacial score (nSPS) is 14.4. The maximum atomic E-state index is 12.5. The highest BCUT2D eigenvalue weighted by Crippen LogP contribution is 2.03. The second-order valence-electron chi connectivity index (χ2n) is 7.16. The predicted octanol–water partition coefficient (Wildman–Crippen LogP) is -3.67. The van der Waals surface area contributed by atoms with Gasteiger partial charge in [0.25, 0.3) is 0 Å². The van der Waals surface area contributed by atoms with Crippen molar-refractivity contribution in [1.29, 1.82) is 0 Å². The van der Waals surface area contributed by atoms with Crippen LogP contribution in [-0.4, -0.2) is 81.0 Å². The Labute approximate surface area is 181 Å². The maximum absolute atomic E-state index is 12.5. The summed E-state index contributed by atoms with van der Waals surface area (Å²) in [5.41, 5.74) is 10.7. The topological polar surface area (TPSA) is 268 Å². The minimum atomic E-state index is -1.90. The van der Waals surface area contributed by atoms with E-state index >= 15 is 0 Å². The van der Waals surface area contributed by atoms with E-state index in [9.17, 15) is 33.6 Å². The molecule has 0 aromatic carbocycles. The molecule has 0 fully saturated rings. The fraction of sp³-hybridized carbons (Fsp3) is 0.588. The molecule has 4 amide bonds. The van der Waals surface area contributed by atoms with Crippen molar-refractivity contribution < 1.29 is 48.9 Å². The second kappa shape index (κ2) is 12.8. The van der Waals surface area contributed by atoms with Gasteiger partial charge in [0.1, 0.15) is 18.1 Å². The number of primary amides is 1. The number of nitrogens with two attached hydrogens (primary N) is 2. The van der Waals surface area contributed by atoms with Gasteiger partial charge in [0, 0.05) is 0 Å². The molecule has 0 radical (unpaired) electrons. The zero-order valence-corrected chi connectivity index (χ0v) is 17.4. The number of carbonyl (C=O) groups excluding carboxylic acids is 4. The number of carboxylic acids is 3. The van der Waals surface area contributed by atoms with E-state index in [1.165, 1.54) is 0 Å². The van der Waals surface area contributed by atoms with E-state index in [2.05, 4.69) is 5.32 Å². The van der Waals surface area contributed by atoms with Crippen LogP contribution in [0.3, 0.4) is 0 Å². The van der Waals surface area contributed by atoms with Gasteiger partial charge in [-0.2, -0.15) is 0 Å². The molecule has 15 nitrogen and oxygen atoms in total. The van der Waals surface area contributed by atoms with Gasteiger partial charge in [0.2, 0.25) is 23.6 Å². The van der Waals surface area contributed by atoms with Crippen LogP contribution in [0.25, 0.3) is 0 Å². The van der Waals surface area contributed by atoms with E-state index in [4.69, 9.17) is 26.8 Å². The smallest absolute Gasteiger partial charge is 0.326 e. The number of hydrogen-bond donors (Lipinski definition) is 8. The molecular formula is C17H27N5O10. The largest absolute Gasteiger partial charge is 0.481 e. The van der Waals surface area contributed by atoms with Crippen molar-refractivity contribution in [3.05, 3.63) is 0 Å². The van der Waals surface area contributed by atoms with Crippen LogP contribution < -0.4 is 27.4 Å². The third-order valence-corrected chi connectivity index (χ3v) is 4.06. The van der Waals surface area contributed by atoms with Gasteiger partial charge < -0.3 is 42.7 Å². The second-order valence-corrected chi connectivity index (χ2v) is 7.16. The lowest BCUT2D eigenvalue weighted by Crippen LogP contribution is -2.58. The fourth-order valence-corrected chi connectivity index (χ4v) is 2.28. The number of rotatable bonds is 14. The first-order valence-electron chi connectivity index (χ1n) is 9.27. The molecule has 0 heterocycles. The van der Waals surface area contributed by atoms with Crippen LogP contribution >= 0.6 is 0 Å². The maximum Gasteiger partial charge on any atom is 0.326 e. The van der Waals surface area contributed by atoms with Crippen LogP contribution in [0.1, 0.15) is 33.1 Å². The summed E-state index contributed by atoms with van der Waals surface area (Å²) in [7, 11) is 0. The molecule has 0 aliphatic carbocycles. The Morgan fingerprint density at radius 3 is 1.44 bits per heavy atom. The highest BCUT2D eigenvalue weighted by molar-refractivity contribution is 5.97. The monoisotopic (exact) mass is 461 g/mol. The Morgan fingerprint density at radius 1 is 0.688 bits per heavy atom. The summed E-state index contributed by atoms with van der Waals surface area (Å²) in [6.45, 7) is 3.24. The molecule has 4 unspecified atom stereocenters. The highest BCUT2D eigenvalue weighted by Gasteiger charge is 2.33. The van der Waals surface area contributed by atoms with Gasteiger partial charge in [-0.3, -0.25) is 28.8 Å². The Kier molecular flexibility index (Phi) is 11.3. The van der Waals surface area contributed by atoms with Crippen molar-refractivity contribution in [1.82, 2.24) is 16.0 Å². The number of amides is 4. The van der Waals surface area contributed by atoms with Crippen LogP contribution in [-0.2, 0) is 33.6 Å². The number of aliphatic carboxylic acids is 3.